The molecule has 0 spiro atoms. The van der Waals surface area contributed by atoms with Crippen LogP contribution >= 0.6 is 0 Å². The van der Waals surface area contributed by atoms with Crippen LogP contribution in [-0.2, 0) is 15.1 Å². The van der Waals surface area contributed by atoms with E-state index in [2.05, 4.69) is 10.6 Å². The van der Waals surface area contributed by atoms with Gasteiger partial charge >= 0.3 is 6.03 Å². The van der Waals surface area contributed by atoms with Gasteiger partial charge in [-0.05, 0) is 18.9 Å². The van der Waals surface area contributed by atoms with Crippen LogP contribution in [0.25, 0.3) is 0 Å². The van der Waals surface area contributed by atoms with Gasteiger partial charge in [0.25, 0.3) is 5.91 Å². The molecule has 0 aliphatic carbocycles. The Labute approximate surface area is 123 Å². The maximum absolute atomic E-state index is 12.5. The lowest BCUT2D eigenvalue weighted by Gasteiger charge is -2.22. The van der Waals surface area contributed by atoms with E-state index in [9.17, 15) is 14.4 Å². The zero-order valence-electron chi connectivity index (χ0n) is 12.2. The molecule has 1 aliphatic heterocycles. The van der Waals surface area contributed by atoms with E-state index < -0.39 is 17.5 Å². The fraction of sp³-hybridized carbons (Fsp3) is 0.400. The molecule has 4 amide bonds. The molecule has 2 rings (SSSR count). The SMILES string of the molecule is CCCNC(=O)CN1C(=O)N[C@](C)(c2ccccc2)C1=O. The number of carbonyl (C=O) groups is 3. The van der Waals surface area contributed by atoms with E-state index in [1.165, 1.54) is 0 Å². The number of rotatable bonds is 5. The summed E-state index contributed by atoms with van der Waals surface area (Å²) in [6.45, 7) is 3.85. The number of hydrogen-bond acceptors (Lipinski definition) is 3. The van der Waals surface area contributed by atoms with Gasteiger partial charge < -0.3 is 10.6 Å². The average molecular weight is 289 g/mol. The average Bonchev–Trinajstić information content (AvgIpc) is 2.70. The molecule has 1 heterocycles. The van der Waals surface area contributed by atoms with Gasteiger partial charge in [-0.3, -0.25) is 14.5 Å². The van der Waals surface area contributed by atoms with Crippen LogP contribution in [0, 0.1) is 0 Å². The number of carbonyl (C=O) groups excluding carboxylic acids is 3. The van der Waals surface area contributed by atoms with E-state index in [0.717, 1.165) is 11.3 Å². The van der Waals surface area contributed by atoms with E-state index >= 15 is 0 Å². The van der Waals surface area contributed by atoms with Crippen molar-refractivity contribution in [3.8, 4) is 0 Å². The molecule has 1 atom stereocenters. The van der Waals surface area contributed by atoms with Gasteiger partial charge in [-0.25, -0.2) is 4.79 Å². The third-order valence-corrected chi connectivity index (χ3v) is 3.50. The first-order valence-electron chi connectivity index (χ1n) is 6.95. The van der Waals surface area contributed by atoms with Crippen molar-refractivity contribution in [2.24, 2.45) is 0 Å². The standard InChI is InChI=1S/C15H19N3O3/c1-3-9-16-12(19)10-18-13(20)15(2,17-14(18)21)11-7-5-4-6-8-11/h4-8H,3,9-10H2,1-2H3,(H,16,19)(H,17,21)/t15-/m1/s1. The summed E-state index contributed by atoms with van der Waals surface area (Å²) in [5.74, 6) is -0.747. The van der Waals surface area contributed by atoms with Gasteiger partial charge in [0.15, 0.2) is 0 Å². The lowest BCUT2D eigenvalue weighted by Crippen LogP contribution is -2.43. The van der Waals surface area contributed by atoms with E-state index in [-0.39, 0.29) is 12.5 Å². The van der Waals surface area contributed by atoms with Gasteiger partial charge in [-0.1, -0.05) is 37.3 Å². The van der Waals surface area contributed by atoms with E-state index in [4.69, 9.17) is 0 Å². The molecule has 1 fully saturated rings. The molecule has 0 bridgehead atoms. The minimum atomic E-state index is -1.12. The molecule has 0 unspecified atom stereocenters. The Balaban J connectivity index is 2.15. The third-order valence-electron chi connectivity index (χ3n) is 3.50. The van der Waals surface area contributed by atoms with Gasteiger partial charge in [0.05, 0.1) is 0 Å². The second-order valence-electron chi connectivity index (χ2n) is 5.16. The van der Waals surface area contributed by atoms with Crippen molar-refractivity contribution in [1.82, 2.24) is 15.5 Å². The van der Waals surface area contributed by atoms with Crippen molar-refractivity contribution < 1.29 is 14.4 Å². The first kappa shape index (κ1) is 15.0. The Hall–Kier alpha value is -2.37. The van der Waals surface area contributed by atoms with Crippen molar-refractivity contribution in [3.63, 3.8) is 0 Å². The fourth-order valence-corrected chi connectivity index (χ4v) is 2.27. The number of hydrogen-bond donors (Lipinski definition) is 2. The van der Waals surface area contributed by atoms with Gasteiger partial charge in [-0.2, -0.15) is 0 Å². The minimum absolute atomic E-state index is 0.257. The van der Waals surface area contributed by atoms with Crippen molar-refractivity contribution in [2.75, 3.05) is 13.1 Å². The lowest BCUT2D eigenvalue weighted by atomic mass is 9.92. The second-order valence-corrected chi connectivity index (χ2v) is 5.16. The summed E-state index contributed by atoms with van der Waals surface area (Å²) >= 11 is 0. The summed E-state index contributed by atoms with van der Waals surface area (Å²) in [4.78, 5) is 37.2. The third kappa shape index (κ3) is 2.89. The van der Waals surface area contributed by atoms with Gasteiger partial charge in [0.2, 0.25) is 5.91 Å². The normalized spacial score (nSPS) is 21.3. The number of amides is 4. The molecule has 0 saturated carbocycles. The van der Waals surface area contributed by atoms with Crippen molar-refractivity contribution in [2.45, 2.75) is 25.8 Å². The Morgan fingerprint density at radius 2 is 1.95 bits per heavy atom. The fourth-order valence-electron chi connectivity index (χ4n) is 2.27. The molecular formula is C15H19N3O3. The second kappa shape index (κ2) is 5.95. The first-order valence-corrected chi connectivity index (χ1v) is 6.95. The summed E-state index contributed by atoms with van der Waals surface area (Å²) in [6, 6.07) is 8.45. The highest BCUT2D eigenvalue weighted by Gasteiger charge is 2.49. The van der Waals surface area contributed by atoms with E-state index in [1.807, 2.05) is 13.0 Å². The number of urea groups is 1. The van der Waals surface area contributed by atoms with Gasteiger partial charge in [0, 0.05) is 6.54 Å². The maximum Gasteiger partial charge on any atom is 0.325 e. The predicted octanol–water partition coefficient (Wildman–Crippen LogP) is 0.980. The molecular weight excluding hydrogens is 270 g/mol. The monoisotopic (exact) mass is 289 g/mol. The van der Waals surface area contributed by atoms with Crippen LogP contribution in [0.5, 0.6) is 0 Å². The number of imide groups is 1. The number of benzene rings is 1. The molecule has 112 valence electrons. The molecule has 0 radical (unpaired) electrons. The van der Waals surface area contributed by atoms with Crippen molar-refractivity contribution in [3.05, 3.63) is 35.9 Å². The van der Waals surface area contributed by atoms with Gasteiger partial charge in [0.1, 0.15) is 12.1 Å². The summed E-state index contributed by atoms with van der Waals surface area (Å²) in [6.07, 6.45) is 0.799. The zero-order chi connectivity index (χ0) is 15.5. The molecule has 1 aromatic rings. The lowest BCUT2D eigenvalue weighted by molar-refractivity contribution is -0.134. The molecule has 2 N–H and O–H groups in total. The predicted molar refractivity (Wildman–Crippen MR) is 77.3 cm³/mol. The topological polar surface area (TPSA) is 78.5 Å². The molecule has 1 saturated heterocycles. The Bertz CT molecular complexity index is 559. The van der Waals surface area contributed by atoms with E-state index in [0.29, 0.717) is 12.1 Å². The van der Waals surface area contributed by atoms with Crippen LogP contribution in [-0.4, -0.2) is 35.8 Å². The Kier molecular flexibility index (Phi) is 4.26. The maximum atomic E-state index is 12.5. The van der Waals surface area contributed by atoms with Crippen LogP contribution in [0.2, 0.25) is 0 Å². The molecule has 1 aromatic carbocycles. The quantitative estimate of drug-likeness (QED) is 0.793. The van der Waals surface area contributed by atoms with Crippen LogP contribution in [0.4, 0.5) is 4.79 Å². The summed E-state index contributed by atoms with van der Waals surface area (Å²) in [5.41, 5.74) is -0.427. The van der Waals surface area contributed by atoms with Gasteiger partial charge in [-0.15, -0.1) is 0 Å². The Morgan fingerprint density at radius 1 is 1.29 bits per heavy atom. The zero-order valence-corrected chi connectivity index (χ0v) is 12.2. The van der Waals surface area contributed by atoms with E-state index in [1.54, 1.807) is 31.2 Å². The summed E-state index contributed by atoms with van der Waals surface area (Å²) in [7, 11) is 0. The highest BCUT2D eigenvalue weighted by molar-refractivity contribution is 6.09. The highest BCUT2D eigenvalue weighted by atomic mass is 16.2. The molecule has 6 nitrogen and oxygen atoms in total. The summed E-state index contributed by atoms with van der Waals surface area (Å²) < 4.78 is 0. The largest absolute Gasteiger partial charge is 0.355 e. The molecule has 6 heteroatoms. The molecule has 1 aliphatic rings. The van der Waals surface area contributed by atoms with Crippen molar-refractivity contribution in [1.29, 1.82) is 0 Å². The summed E-state index contributed by atoms with van der Waals surface area (Å²) in [5, 5.41) is 5.32. The number of nitrogens with zero attached hydrogens (tertiary/aromatic N) is 1. The van der Waals surface area contributed by atoms with Crippen molar-refractivity contribution >= 4 is 17.8 Å². The van der Waals surface area contributed by atoms with Crippen LogP contribution in [0.15, 0.2) is 30.3 Å². The molecule has 0 aromatic heterocycles. The smallest absolute Gasteiger partial charge is 0.325 e. The Morgan fingerprint density at radius 3 is 2.57 bits per heavy atom. The van der Waals surface area contributed by atoms with Crippen LogP contribution < -0.4 is 10.6 Å². The van der Waals surface area contributed by atoms with Crippen LogP contribution in [0.1, 0.15) is 25.8 Å². The van der Waals surface area contributed by atoms with Crippen LogP contribution in [0.3, 0.4) is 0 Å². The molecule has 21 heavy (non-hydrogen) atoms. The number of nitrogens with one attached hydrogen (secondary N) is 2. The highest BCUT2D eigenvalue weighted by Crippen LogP contribution is 2.28. The minimum Gasteiger partial charge on any atom is -0.355 e. The first-order chi connectivity index (χ1) is 9.99.